The highest BCUT2D eigenvalue weighted by molar-refractivity contribution is 5.94. The van der Waals surface area contributed by atoms with Gasteiger partial charge in [0.25, 0.3) is 5.91 Å². The molecule has 0 bridgehead atoms. The van der Waals surface area contributed by atoms with Crippen LogP contribution in [-0.2, 0) is 7.05 Å². The molecule has 2 aliphatic rings. The van der Waals surface area contributed by atoms with Crippen molar-refractivity contribution < 1.29 is 14.3 Å². The third-order valence-corrected chi connectivity index (χ3v) is 6.74. The van der Waals surface area contributed by atoms with E-state index >= 15 is 0 Å². The smallest absolute Gasteiger partial charge is 0.272 e. The number of benzene rings is 1. The van der Waals surface area contributed by atoms with Crippen LogP contribution in [0.4, 0.5) is 11.6 Å². The summed E-state index contributed by atoms with van der Waals surface area (Å²) in [5.41, 5.74) is 1.98. The molecule has 0 aliphatic carbocycles. The van der Waals surface area contributed by atoms with E-state index in [0.29, 0.717) is 49.1 Å². The Labute approximate surface area is 205 Å². The Morgan fingerprint density at radius 1 is 0.829 bits per heavy atom. The second kappa shape index (κ2) is 9.81. The maximum absolute atomic E-state index is 13.3. The number of aryl methyl sites for hydroxylation is 1. The van der Waals surface area contributed by atoms with Crippen molar-refractivity contribution in [2.75, 3.05) is 63.3 Å². The summed E-state index contributed by atoms with van der Waals surface area (Å²) in [5, 5.41) is 13.5. The van der Waals surface area contributed by atoms with Crippen molar-refractivity contribution in [1.82, 2.24) is 24.9 Å². The minimum Gasteiger partial charge on any atom is -0.497 e. The summed E-state index contributed by atoms with van der Waals surface area (Å²) in [4.78, 5) is 19.7. The number of carbonyl (C=O) groups is 1. The van der Waals surface area contributed by atoms with Crippen LogP contribution < -0.4 is 19.3 Å². The molecule has 1 aromatic carbocycles. The molecule has 0 radical (unpaired) electrons. The van der Waals surface area contributed by atoms with Crippen LogP contribution in [0.5, 0.6) is 11.5 Å². The normalized spacial score (nSPS) is 16.0. The number of ether oxygens (including phenoxy) is 2. The molecule has 2 aliphatic heterocycles. The molecular weight excluding hydrogens is 446 g/mol. The largest absolute Gasteiger partial charge is 0.497 e. The minimum absolute atomic E-state index is 0.0387. The molecule has 184 valence electrons. The van der Waals surface area contributed by atoms with Gasteiger partial charge in [0.1, 0.15) is 17.2 Å². The Kier molecular flexibility index (Phi) is 6.43. The fourth-order valence-corrected chi connectivity index (χ4v) is 4.72. The lowest BCUT2D eigenvalue weighted by Crippen LogP contribution is -2.49. The van der Waals surface area contributed by atoms with Gasteiger partial charge in [0, 0.05) is 51.9 Å². The number of anilines is 2. The Morgan fingerprint density at radius 3 is 2.09 bits per heavy atom. The number of rotatable bonds is 6. The van der Waals surface area contributed by atoms with Gasteiger partial charge in [-0.2, -0.15) is 5.10 Å². The van der Waals surface area contributed by atoms with Gasteiger partial charge in [-0.15, -0.1) is 10.2 Å². The van der Waals surface area contributed by atoms with Crippen molar-refractivity contribution in [3.05, 3.63) is 42.1 Å². The minimum atomic E-state index is -0.0387. The zero-order valence-electron chi connectivity index (χ0n) is 20.5. The molecule has 2 saturated heterocycles. The average molecular weight is 478 g/mol. The van der Waals surface area contributed by atoms with Crippen LogP contribution in [0.15, 0.2) is 36.4 Å². The van der Waals surface area contributed by atoms with Gasteiger partial charge in [0.05, 0.1) is 19.9 Å². The van der Waals surface area contributed by atoms with Gasteiger partial charge >= 0.3 is 0 Å². The highest BCUT2D eigenvalue weighted by atomic mass is 16.5. The first kappa shape index (κ1) is 22.9. The monoisotopic (exact) mass is 477 g/mol. The zero-order chi connectivity index (χ0) is 24.4. The van der Waals surface area contributed by atoms with E-state index in [0.717, 1.165) is 30.3 Å². The summed E-state index contributed by atoms with van der Waals surface area (Å²) in [6.07, 6.45) is 2.43. The molecule has 4 heterocycles. The number of piperazine rings is 1. The number of nitrogens with zero attached hydrogens (tertiary/aromatic N) is 7. The molecule has 2 fully saturated rings. The van der Waals surface area contributed by atoms with Gasteiger partial charge in [-0.25, -0.2) is 0 Å². The number of amides is 1. The lowest BCUT2D eigenvalue weighted by Gasteiger charge is -2.35. The van der Waals surface area contributed by atoms with Gasteiger partial charge in [-0.1, -0.05) is 0 Å². The highest BCUT2D eigenvalue weighted by Crippen LogP contribution is 2.33. The number of hydrogen-bond donors (Lipinski definition) is 0. The lowest BCUT2D eigenvalue weighted by atomic mass is 10.1. The van der Waals surface area contributed by atoms with Crippen molar-refractivity contribution in [2.24, 2.45) is 7.05 Å². The van der Waals surface area contributed by atoms with Crippen molar-refractivity contribution in [2.45, 2.75) is 12.8 Å². The number of methoxy groups -OCH3 is 2. The molecule has 2 aromatic heterocycles. The van der Waals surface area contributed by atoms with E-state index in [1.165, 1.54) is 12.8 Å². The summed E-state index contributed by atoms with van der Waals surface area (Å²) in [5.74, 6) is 3.14. The lowest BCUT2D eigenvalue weighted by molar-refractivity contribution is 0.0735. The third kappa shape index (κ3) is 4.60. The number of carbonyl (C=O) groups excluding carboxylic acids is 1. The predicted molar refractivity (Wildman–Crippen MR) is 133 cm³/mol. The molecule has 0 N–H and O–H groups in total. The molecule has 1 amide bonds. The van der Waals surface area contributed by atoms with E-state index < -0.39 is 0 Å². The maximum Gasteiger partial charge on any atom is 0.272 e. The SMILES string of the molecule is COc1ccc(OC)c(-c2cc(C(=O)N3CCN(c4ccc(N5CCCC5)nn4)CC3)n(C)n2)c1. The van der Waals surface area contributed by atoms with Gasteiger partial charge in [-0.05, 0) is 49.2 Å². The summed E-state index contributed by atoms with van der Waals surface area (Å²) >= 11 is 0. The first-order valence-electron chi connectivity index (χ1n) is 12.0. The molecule has 10 nitrogen and oxygen atoms in total. The summed E-state index contributed by atoms with van der Waals surface area (Å²) in [6, 6.07) is 11.4. The topological polar surface area (TPSA) is 88.9 Å². The van der Waals surface area contributed by atoms with Crippen molar-refractivity contribution >= 4 is 17.5 Å². The van der Waals surface area contributed by atoms with Crippen LogP contribution in [0.2, 0.25) is 0 Å². The van der Waals surface area contributed by atoms with E-state index in [1.54, 1.807) is 25.9 Å². The Bertz CT molecular complexity index is 1180. The molecule has 0 spiro atoms. The van der Waals surface area contributed by atoms with Crippen molar-refractivity contribution in [3.63, 3.8) is 0 Å². The number of hydrogen-bond acceptors (Lipinski definition) is 8. The van der Waals surface area contributed by atoms with E-state index in [2.05, 4.69) is 31.2 Å². The zero-order valence-corrected chi connectivity index (χ0v) is 20.5. The molecule has 5 rings (SSSR count). The van der Waals surface area contributed by atoms with Crippen LogP contribution in [-0.4, -0.2) is 84.3 Å². The quantitative estimate of drug-likeness (QED) is 0.535. The second-order valence-corrected chi connectivity index (χ2v) is 8.83. The van der Waals surface area contributed by atoms with E-state index in [-0.39, 0.29) is 5.91 Å². The molecule has 0 atom stereocenters. The van der Waals surface area contributed by atoms with E-state index in [4.69, 9.17) is 9.47 Å². The summed E-state index contributed by atoms with van der Waals surface area (Å²) < 4.78 is 12.5. The Hall–Kier alpha value is -3.82. The standard InChI is InChI=1S/C25H31N7O3/c1-29-21(17-20(28-29)19-16-18(34-2)6-7-22(19)35-3)25(33)32-14-12-31(13-15-32)24-9-8-23(26-27-24)30-10-4-5-11-30/h6-9,16-17H,4-5,10-15H2,1-3H3. The van der Waals surface area contributed by atoms with Crippen LogP contribution >= 0.6 is 0 Å². The first-order chi connectivity index (χ1) is 17.1. The predicted octanol–water partition coefficient (Wildman–Crippen LogP) is 2.46. The Morgan fingerprint density at radius 2 is 1.49 bits per heavy atom. The second-order valence-electron chi connectivity index (χ2n) is 8.83. The van der Waals surface area contributed by atoms with E-state index in [9.17, 15) is 4.79 Å². The molecule has 10 heteroatoms. The highest BCUT2D eigenvalue weighted by Gasteiger charge is 2.26. The van der Waals surface area contributed by atoms with Crippen molar-refractivity contribution in [1.29, 1.82) is 0 Å². The summed E-state index contributed by atoms with van der Waals surface area (Å²) in [7, 11) is 5.02. The van der Waals surface area contributed by atoms with E-state index in [1.807, 2.05) is 35.2 Å². The molecule has 3 aromatic rings. The van der Waals surface area contributed by atoms with Crippen LogP contribution in [0.3, 0.4) is 0 Å². The fourth-order valence-electron chi connectivity index (χ4n) is 4.72. The van der Waals surface area contributed by atoms with Crippen LogP contribution in [0.25, 0.3) is 11.3 Å². The summed E-state index contributed by atoms with van der Waals surface area (Å²) in [6.45, 7) is 4.73. The van der Waals surface area contributed by atoms with Gasteiger partial charge in [0.15, 0.2) is 11.6 Å². The first-order valence-corrected chi connectivity index (χ1v) is 12.0. The van der Waals surface area contributed by atoms with Crippen LogP contribution in [0.1, 0.15) is 23.3 Å². The fraction of sp³-hybridized carbons (Fsp3) is 0.440. The molecular formula is C25H31N7O3. The van der Waals surface area contributed by atoms with Crippen LogP contribution in [0, 0.1) is 0 Å². The van der Waals surface area contributed by atoms with Gasteiger partial charge < -0.3 is 24.2 Å². The average Bonchev–Trinajstić information content (AvgIpc) is 3.58. The molecule has 0 saturated carbocycles. The number of aromatic nitrogens is 4. The Balaban J connectivity index is 1.26. The maximum atomic E-state index is 13.3. The third-order valence-electron chi connectivity index (χ3n) is 6.74. The van der Waals surface area contributed by atoms with Crippen molar-refractivity contribution in [3.8, 4) is 22.8 Å². The molecule has 0 unspecified atom stereocenters. The molecule has 35 heavy (non-hydrogen) atoms. The van der Waals surface area contributed by atoms with Gasteiger partial charge in [0.2, 0.25) is 0 Å². The van der Waals surface area contributed by atoms with Gasteiger partial charge in [-0.3, -0.25) is 9.48 Å².